The van der Waals surface area contributed by atoms with Crippen LogP contribution < -0.4 is 5.32 Å². The topological polar surface area (TPSA) is 82.3 Å². The molecule has 1 aromatic carbocycles. The van der Waals surface area contributed by atoms with E-state index in [1.807, 2.05) is 12.1 Å². The van der Waals surface area contributed by atoms with E-state index in [9.17, 15) is 9.90 Å². The Labute approximate surface area is 118 Å². The number of amides is 1. The molecule has 20 heavy (non-hydrogen) atoms. The van der Waals surface area contributed by atoms with E-state index in [0.29, 0.717) is 18.5 Å². The third-order valence-electron chi connectivity index (χ3n) is 2.58. The maximum atomic E-state index is 11.5. The fourth-order valence-corrected chi connectivity index (χ4v) is 1.58. The number of aliphatic hydroxyl groups is 1. The molecule has 0 aliphatic rings. The SMILES string of the molecule is COCC(O)CCNC(=O)/C=C/c1cccc(C#N)c1. The molecule has 0 aliphatic heterocycles. The lowest BCUT2D eigenvalue weighted by molar-refractivity contribution is -0.116. The lowest BCUT2D eigenvalue weighted by atomic mass is 10.1. The molecule has 1 atom stereocenters. The fraction of sp³-hybridized carbons (Fsp3) is 0.333. The fourth-order valence-electron chi connectivity index (χ4n) is 1.58. The predicted octanol–water partition coefficient (Wildman–Crippen LogP) is 1.09. The summed E-state index contributed by atoms with van der Waals surface area (Å²) in [6.07, 6.45) is 2.91. The van der Waals surface area contributed by atoms with Gasteiger partial charge in [0.2, 0.25) is 5.91 Å². The number of methoxy groups -OCH3 is 1. The van der Waals surface area contributed by atoms with Crippen molar-refractivity contribution in [2.24, 2.45) is 0 Å². The molecular formula is C15H18N2O3. The molecular weight excluding hydrogens is 256 g/mol. The number of carbonyl (C=O) groups is 1. The van der Waals surface area contributed by atoms with E-state index >= 15 is 0 Å². The third-order valence-corrected chi connectivity index (χ3v) is 2.58. The Morgan fingerprint density at radius 3 is 3.10 bits per heavy atom. The number of aliphatic hydroxyl groups excluding tert-OH is 1. The van der Waals surface area contributed by atoms with Gasteiger partial charge in [0, 0.05) is 19.7 Å². The summed E-state index contributed by atoms with van der Waals surface area (Å²) in [7, 11) is 1.51. The summed E-state index contributed by atoms with van der Waals surface area (Å²) in [6, 6.07) is 9.02. The summed E-state index contributed by atoms with van der Waals surface area (Å²) in [6.45, 7) is 0.637. The van der Waals surface area contributed by atoms with Gasteiger partial charge in [-0.15, -0.1) is 0 Å². The van der Waals surface area contributed by atoms with Gasteiger partial charge in [0.25, 0.3) is 0 Å². The molecule has 0 fully saturated rings. The van der Waals surface area contributed by atoms with Crippen LogP contribution in [0.1, 0.15) is 17.5 Å². The van der Waals surface area contributed by atoms with Gasteiger partial charge in [-0.25, -0.2) is 0 Å². The van der Waals surface area contributed by atoms with Crippen molar-refractivity contribution in [1.29, 1.82) is 5.26 Å². The maximum Gasteiger partial charge on any atom is 0.244 e. The highest BCUT2D eigenvalue weighted by molar-refractivity contribution is 5.91. The quantitative estimate of drug-likeness (QED) is 0.729. The van der Waals surface area contributed by atoms with Crippen LogP contribution in [-0.4, -0.2) is 37.4 Å². The second kappa shape index (κ2) is 8.86. The van der Waals surface area contributed by atoms with E-state index in [-0.39, 0.29) is 12.5 Å². The molecule has 1 rings (SSSR count). The van der Waals surface area contributed by atoms with E-state index in [1.165, 1.54) is 13.2 Å². The normalized spacial score (nSPS) is 12.1. The molecule has 1 amide bonds. The Morgan fingerprint density at radius 1 is 1.60 bits per heavy atom. The Kier molecular flexibility index (Phi) is 7.04. The Balaban J connectivity index is 2.38. The van der Waals surface area contributed by atoms with Crippen LogP contribution in [0.5, 0.6) is 0 Å². The molecule has 0 radical (unpaired) electrons. The van der Waals surface area contributed by atoms with Crippen LogP contribution in [-0.2, 0) is 9.53 Å². The van der Waals surface area contributed by atoms with Crippen LogP contribution in [0.25, 0.3) is 6.08 Å². The summed E-state index contributed by atoms with van der Waals surface area (Å²) >= 11 is 0. The molecule has 106 valence electrons. The highest BCUT2D eigenvalue weighted by Crippen LogP contribution is 2.05. The molecule has 0 aromatic heterocycles. The van der Waals surface area contributed by atoms with E-state index in [1.54, 1.807) is 24.3 Å². The summed E-state index contributed by atoms with van der Waals surface area (Å²) in [4.78, 5) is 11.5. The number of hydrogen-bond acceptors (Lipinski definition) is 4. The number of benzene rings is 1. The first-order valence-corrected chi connectivity index (χ1v) is 6.28. The average Bonchev–Trinajstić information content (AvgIpc) is 2.45. The molecule has 5 heteroatoms. The Hall–Kier alpha value is -2.16. The van der Waals surface area contributed by atoms with Crippen molar-refractivity contribution in [1.82, 2.24) is 5.32 Å². The zero-order valence-corrected chi connectivity index (χ0v) is 11.4. The minimum atomic E-state index is -0.573. The summed E-state index contributed by atoms with van der Waals surface area (Å²) in [5.41, 5.74) is 1.34. The largest absolute Gasteiger partial charge is 0.391 e. The number of nitriles is 1. The molecule has 0 bridgehead atoms. The first-order chi connectivity index (χ1) is 9.65. The van der Waals surface area contributed by atoms with Crippen molar-refractivity contribution in [3.05, 3.63) is 41.5 Å². The second-order valence-corrected chi connectivity index (χ2v) is 4.26. The number of hydrogen-bond donors (Lipinski definition) is 2. The van der Waals surface area contributed by atoms with Gasteiger partial charge in [0.1, 0.15) is 0 Å². The van der Waals surface area contributed by atoms with Gasteiger partial charge < -0.3 is 15.2 Å². The first-order valence-electron chi connectivity index (χ1n) is 6.28. The van der Waals surface area contributed by atoms with Crippen molar-refractivity contribution >= 4 is 12.0 Å². The standard InChI is InChI=1S/C15H18N2O3/c1-20-11-14(18)7-8-17-15(19)6-5-12-3-2-4-13(9-12)10-16/h2-6,9,14,18H,7-8,11H2,1H3,(H,17,19)/b6-5+. The zero-order chi connectivity index (χ0) is 14.8. The monoisotopic (exact) mass is 274 g/mol. The van der Waals surface area contributed by atoms with Crippen LogP contribution in [0.4, 0.5) is 0 Å². The van der Waals surface area contributed by atoms with Gasteiger partial charge in [0.05, 0.1) is 24.3 Å². The summed E-state index contributed by atoms with van der Waals surface area (Å²) in [5, 5.41) is 20.8. The van der Waals surface area contributed by atoms with Crippen LogP contribution in [0.15, 0.2) is 30.3 Å². The van der Waals surface area contributed by atoms with Gasteiger partial charge in [-0.1, -0.05) is 12.1 Å². The first kappa shape index (κ1) is 15.9. The van der Waals surface area contributed by atoms with E-state index in [2.05, 4.69) is 5.32 Å². The Morgan fingerprint density at radius 2 is 2.40 bits per heavy atom. The molecule has 1 unspecified atom stereocenters. The lowest BCUT2D eigenvalue weighted by Crippen LogP contribution is -2.27. The van der Waals surface area contributed by atoms with E-state index < -0.39 is 6.10 Å². The lowest BCUT2D eigenvalue weighted by Gasteiger charge is -2.08. The number of carbonyl (C=O) groups excluding carboxylic acids is 1. The molecule has 0 heterocycles. The minimum absolute atomic E-state index is 0.239. The van der Waals surface area contributed by atoms with Crippen molar-refractivity contribution in [3.8, 4) is 6.07 Å². The van der Waals surface area contributed by atoms with Crippen LogP contribution in [0.2, 0.25) is 0 Å². The van der Waals surface area contributed by atoms with Crippen LogP contribution in [0, 0.1) is 11.3 Å². The van der Waals surface area contributed by atoms with Gasteiger partial charge >= 0.3 is 0 Å². The van der Waals surface area contributed by atoms with E-state index in [0.717, 1.165) is 5.56 Å². The van der Waals surface area contributed by atoms with Crippen molar-refractivity contribution < 1.29 is 14.6 Å². The Bertz CT molecular complexity index is 506. The van der Waals surface area contributed by atoms with Crippen molar-refractivity contribution in [2.75, 3.05) is 20.3 Å². The zero-order valence-electron chi connectivity index (χ0n) is 11.4. The number of nitrogens with zero attached hydrogens (tertiary/aromatic N) is 1. The molecule has 0 saturated heterocycles. The minimum Gasteiger partial charge on any atom is -0.391 e. The third kappa shape index (κ3) is 6.14. The maximum absolute atomic E-state index is 11.5. The number of ether oxygens (including phenoxy) is 1. The van der Waals surface area contributed by atoms with Gasteiger partial charge in [0.15, 0.2) is 0 Å². The van der Waals surface area contributed by atoms with Crippen molar-refractivity contribution in [2.45, 2.75) is 12.5 Å². The van der Waals surface area contributed by atoms with Crippen LogP contribution in [0.3, 0.4) is 0 Å². The number of nitrogens with one attached hydrogen (secondary N) is 1. The summed E-state index contributed by atoms with van der Waals surface area (Å²) < 4.78 is 4.79. The smallest absolute Gasteiger partial charge is 0.244 e. The molecule has 5 nitrogen and oxygen atoms in total. The van der Waals surface area contributed by atoms with Gasteiger partial charge in [-0.05, 0) is 30.2 Å². The molecule has 2 N–H and O–H groups in total. The molecule has 0 saturated carbocycles. The predicted molar refractivity (Wildman–Crippen MR) is 75.7 cm³/mol. The molecule has 0 aliphatic carbocycles. The van der Waals surface area contributed by atoms with E-state index in [4.69, 9.17) is 10.00 Å². The average molecular weight is 274 g/mol. The number of rotatable bonds is 7. The molecule has 0 spiro atoms. The molecule has 1 aromatic rings. The summed E-state index contributed by atoms with van der Waals surface area (Å²) in [5.74, 6) is -0.239. The van der Waals surface area contributed by atoms with Crippen LogP contribution >= 0.6 is 0 Å². The van der Waals surface area contributed by atoms with Gasteiger partial charge in [-0.2, -0.15) is 5.26 Å². The highest BCUT2D eigenvalue weighted by atomic mass is 16.5. The van der Waals surface area contributed by atoms with Gasteiger partial charge in [-0.3, -0.25) is 4.79 Å². The highest BCUT2D eigenvalue weighted by Gasteiger charge is 2.03. The van der Waals surface area contributed by atoms with Crippen molar-refractivity contribution in [3.63, 3.8) is 0 Å². The second-order valence-electron chi connectivity index (χ2n) is 4.26.